The van der Waals surface area contributed by atoms with Gasteiger partial charge in [-0.25, -0.2) is 4.98 Å². The van der Waals surface area contributed by atoms with Crippen molar-refractivity contribution in [3.8, 4) is 0 Å². The third kappa shape index (κ3) is 6.12. The summed E-state index contributed by atoms with van der Waals surface area (Å²) in [7, 11) is -1.69. The van der Waals surface area contributed by atoms with Crippen LogP contribution in [-0.2, 0) is 9.59 Å². The predicted molar refractivity (Wildman–Crippen MR) is 133 cm³/mol. The number of carbonyl (C=O) groups excluding carboxylic acids is 2. The Morgan fingerprint density at radius 2 is 1.85 bits per heavy atom. The van der Waals surface area contributed by atoms with Crippen LogP contribution in [0.4, 0.5) is 5.69 Å². The largest absolute Gasteiger partial charge is 1.00 e. The lowest BCUT2D eigenvalue weighted by Crippen LogP contribution is -3.00. The Kier molecular flexibility index (Phi) is 10.3. The molecule has 0 saturated carbocycles. The second-order valence-corrected chi connectivity index (χ2v) is 13.7. The van der Waals surface area contributed by atoms with Gasteiger partial charge in [0.05, 0.1) is 0 Å². The molecule has 1 aliphatic rings. The first-order valence-corrected chi connectivity index (χ1v) is 14.4. The highest BCUT2D eigenvalue weighted by molar-refractivity contribution is 6.96. The van der Waals surface area contributed by atoms with Crippen molar-refractivity contribution >= 4 is 36.8 Å². The van der Waals surface area contributed by atoms with Gasteiger partial charge in [0.2, 0.25) is 11.8 Å². The number of amides is 2. The molecule has 2 heterocycles. The fourth-order valence-corrected chi connectivity index (χ4v) is 9.82. The molecule has 2 amide bonds. The average molecular weight is 486 g/mol. The van der Waals surface area contributed by atoms with E-state index in [-0.39, 0.29) is 24.2 Å². The molecule has 0 radical (unpaired) electrons. The molecule has 0 spiro atoms. The SMILES string of the molecule is CC[Si]1(CC)c2ccccc2N(C(=O)CCCCCNC(=O)/C=C/c2ccc[nH+]c2)C1C.[Cl-]. The summed E-state index contributed by atoms with van der Waals surface area (Å²) in [5.74, 6) is 0.153. The van der Waals surface area contributed by atoms with Crippen LogP contribution in [0.25, 0.3) is 6.08 Å². The Bertz CT molecular complexity index is 948. The van der Waals surface area contributed by atoms with Crippen LogP contribution in [0.15, 0.2) is 54.9 Å². The normalized spacial score (nSPS) is 16.3. The number of pyridine rings is 1. The number of anilines is 1. The van der Waals surface area contributed by atoms with Crippen molar-refractivity contribution < 1.29 is 27.0 Å². The molecule has 7 heteroatoms. The maximum absolute atomic E-state index is 13.2. The van der Waals surface area contributed by atoms with Gasteiger partial charge in [-0.05, 0) is 43.2 Å². The van der Waals surface area contributed by atoms with E-state index in [1.165, 1.54) is 17.3 Å². The van der Waals surface area contributed by atoms with Crippen molar-refractivity contribution in [3.63, 3.8) is 0 Å². The first-order valence-electron chi connectivity index (χ1n) is 11.9. The van der Waals surface area contributed by atoms with E-state index in [4.69, 9.17) is 0 Å². The highest BCUT2D eigenvalue weighted by atomic mass is 35.5. The van der Waals surface area contributed by atoms with Gasteiger partial charge < -0.3 is 22.6 Å². The molecule has 0 saturated heterocycles. The molecule has 1 aliphatic heterocycles. The van der Waals surface area contributed by atoms with E-state index in [2.05, 4.69) is 60.2 Å². The van der Waals surface area contributed by atoms with Crippen LogP contribution in [0.2, 0.25) is 12.1 Å². The van der Waals surface area contributed by atoms with Crippen molar-refractivity contribution in [1.29, 1.82) is 0 Å². The van der Waals surface area contributed by atoms with Crippen LogP contribution >= 0.6 is 0 Å². The number of rotatable bonds is 10. The molecule has 3 rings (SSSR count). The maximum Gasteiger partial charge on any atom is 0.244 e. The zero-order chi connectivity index (χ0) is 23.0. The number of halogens is 1. The summed E-state index contributed by atoms with van der Waals surface area (Å²) in [4.78, 5) is 30.2. The van der Waals surface area contributed by atoms with E-state index in [0.717, 1.165) is 30.5 Å². The minimum absolute atomic E-state index is 0. The molecule has 33 heavy (non-hydrogen) atoms. The number of aromatic amines is 1. The van der Waals surface area contributed by atoms with E-state index in [9.17, 15) is 9.59 Å². The van der Waals surface area contributed by atoms with Crippen LogP contribution in [0.5, 0.6) is 0 Å². The number of unbranched alkanes of at least 4 members (excludes halogenated alkanes) is 2. The minimum atomic E-state index is -1.69. The number of H-pyrrole nitrogens is 1. The van der Waals surface area contributed by atoms with Crippen molar-refractivity contribution in [2.75, 3.05) is 11.4 Å². The molecule has 1 aromatic carbocycles. The van der Waals surface area contributed by atoms with Gasteiger partial charge in [-0.3, -0.25) is 9.59 Å². The first kappa shape index (κ1) is 26.8. The third-order valence-electron chi connectivity index (χ3n) is 6.94. The quantitative estimate of drug-likeness (QED) is 0.308. The standard InChI is InChI=1S/C26H35N3O2Si.ClH/c1-4-32(5-2)21(3)29(23-13-8-9-14-24(23)32)26(31)15-7-6-10-19-28-25(30)17-16-22-12-11-18-27-20-22;/h8-9,11-14,16-18,20-21H,4-7,10,15,19H2,1-3H3,(H,28,30);1H/b17-16+;. The molecule has 0 fully saturated rings. The van der Waals surface area contributed by atoms with Gasteiger partial charge in [-0.1, -0.05) is 50.6 Å². The number of benzene rings is 1. The molecule has 178 valence electrons. The summed E-state index contributed by atoms with van der Waals surface area (Å²) in [6, 6.07) is 14.7. The highest BCUT2D eigenvalue weighted by Crippen LogP contribution is 2.36. The average Bonchev–Trinajstić information content (AvgIpc) is 3.08. The van der Waals surface area contributed by atoms with E-state index >= 15 is 0 Å². The van der Waals surface area contributed by atoms with Crippen LogP contribution in [0.1, 0.15) is 52.0 Å². The van der Waals surface area contributed by atoms with E-state index in [1.54, 1.807) is 12.2 Å². The summed E-state index contributed by atoms with van der Waals surface area (Å²) in [5, 5.41) is 4.37. The lowest BCUT2D eigenvalue weighted by molar-refractivity contribution is -0.378. The fraction of sp³-hybridized carbons (Fsp3) is 0.423. The topological polar surface area (TPSA) is 63.6 Å². The lowest BCUT2D eigenvalue weighted by Gasteiger charge is -2.33. The molecule has 2 aromatic rings. The third-order valence-corrected chi connectivity index (χ3v) is 12.8. The number of nitrogens with one attached hydrogen (secondary N) is 2. The smallest absolute Gasteiger partial charge is 0.244 e. The van der Waals surface area contributed by atoms with E-state index in [1.807, 2.05) is 24.5 Å². The van der Waals surface area contributed by atoms with Crippen molar-refractivity contribution in [2.24, 2.45) is 0 Å². The highest BCUT2D eigenvalue weighted by Gasteiger charge is 2.49. The number of hydrogen-bond acceptors (Lipinski definition) is 2. The molecule has 2 N–H and O–H groups in total. The number of aromatic nitrogens is 1. The van der Waals surface area contributed by atoms with E-state index in [0.29, 0.717) is 18.6 Å². The second kappa shape index (κ2) is 12.7. The molecule has 1 unspecified atom stereocenters. The summed E-state index contributed by atoms with van der Waals surface area (Å²) < 4.78 is 0. The first-order chi connectivity index (χ1) is 15.5. The molecule has 1 aromatic heterocycles. The van der Waals surface area contributed by atoms with Crippen LogP contribution in [-0.4, -0.2) is 32.1 Å². The number of hydrogen-bond donors (Lipinski definition) is 1. The Balaban J connectivity index is 0.00000385. The molecule has 0 aliphatic carbocycles. The lowest BCUT2D eigenvalue weighted by atomic mass is 10.1. The van der Waals surface area contributed by atoms with Gasteiger partial charge in [0, 0.05) is 42.0 Å². The Hall–Kier alpha value is -2.44. The van der Waals surface area contributed by atoms with Crippen LogP contribution < -0.4 is 32.8 Å². The molecule has 0 bridgehead atoms. The van der Waals surface area contributed by atoms with Crippen LogP contribution in [0, 0.1) is 0 Å². The maximum atomic E-state index is 13.2. The Labute approximate surface area is 205 Å². The zero-order valence-electron chi connectivity index (χ0n) is 19.9. The summed E-state index contributed by atoms with van der Waals surface area (Å²) in [6.07, 6.45) is 10.2. The zero-order valence-corrected chi connectivity index (χ0v) is 21.7. The van der Waals surface area contributed by atoms with Crippen LogP contribution in [0.3, 0.4) is 0 Å². The van der Waals surface area contributed by atoms with Crippen molar-refractivity contribution in [2.45, 2.75) is 64.2 Å². The number of para-hydroxylation sites is 1. The van der Waals surface area contributed by atoms with Gasteiger partial charge >= 0.3 is 0 Å². The summed E-state index contributed by atoms with van der Waals surface area (Å²) in [5.41, 5.74) is 2.42. The Morgan fingerprint density at radius 3 is 2.55 bits per heavy atom. The number of carbonyl (C=O) groups is 2. The fourth-order valence-electron chi connectivity index (χ4n) is 5.01. The predicted octanol–water partition coefficient (Wildman–Crippen LogP) is 0.865. The van der Waals surface area contributed by atoms with Gasteiger partial charge in [-0.15, -0.1) is 0 Å². The van der Waals surface area contributed by atoms with Gasteiger partial charge in [0.15, 0.2) is 12.4 Å². The molecular formula is C26H36ClN3O2Si. The van der Waals surface area contributed by atoms with Crippen molar-refractivity contribution in [1.82, 2.24) is 5.32 Å². The van der Waals surface area contributed by atoms with Gasteiger partial charge in [0.1, 0.15) is 8.07 Å². The van der Waals surface area contributed by atoms with Gasteiger partial charge in [-0.2, -0.15) is 0 Å². The minimum Gasteiger partial charge on any atom is -1.00 e. The van der Waals surface area contributed by atoms with E-state index < -0.39 is 8.07 Å². The molecular weight excluding hydrogens is 450 g/mol. The Morgan fingerprint density at radius 1 is 1.09 bits per heavy atom. The number of fused-ring (bicyclic) bond motifs is 1. The monoisotopic (exact) mass is 485 g/mol. The second-order valence-electron chi connectivity index (χ2n) is 8.59. The molecule has 5 nitrogen and oxygen atoms in total. The molecule has 1 atom stereocenters. The number of nitrogens with zero attached hydrogens (tertiary/aromatic N) is 1. The summed E-state index contributed by atoms with van der Waals surface area (Å²) >= 11 is 0. The van der Waals surface area contributed by atoms with Crippen molar-refractivity contribution in [3.05, 3.63) is 60.4 Å². The van der Waals surface area contributed by atoms with Gasteiger partial charge in [0.25, 0.3) is 0 Å². The summed E-state index contributed by atoms with van der Waals surface area (Å²) in [6.45, 7) is 7.47.